The van der Waals surface area contributed by atoms with E-state index in [4.69, 9.17) is 5.11 Å². The van der Waals surface area contributed by atoms with E-state index < -0.39 is 11.4 Å². The van der Waals surface area contributed by atoms with Gasteiger partial charge in [-0.3, -0.25) is 4.79 Å². The van der Waals surface area contributed by atoms with Gasteiger partial charge in [0.25, 0.3) is 0 Å². The van der Waals surface area contributed by atoms with Gasteiger partial charge in [0.1, 0.15) is 5.56 Å². The van der Waals surface area contributed by atoms with E-state index in [1.54, 1.807) is 24.0 Å². The van der Waals surface area contributed by atoms with E-state index in [1.165, 1.54) is 12.3 Å². The number of aromatic carboxylic acids is 1. The summed E-state index contributed by atoms with van der Waals surface area (Å²) in [5.41, 5.74) is 0.0789. The van der Waals surface area contributed by atoms with Gasteiger partial charge in [0.2, 0.25) is 0 Å². The van der Waals surface area contributed by atoms with Crippen molar-refractivity contribution in [3.8, 4) is 0 Å². The zero-order chi connectivity index (χ0) is 13.1. The van der Waals surface area contributed by atoms with Gasteiger partial charge < -0.3 is 14.2 Å². The fourth-order valence-corrected chi connectivity index (χ4v) is 1.72. The van der Waals surface area contributed by atoms with Gasteiger partial charge in [-0.15, -0.1) is 0 Å². The number of carboxylic acids is 1. The first-order chi connectivity index (χ1) is 8.58. The van der Waals surface area contributed by atoms with Crippen LogP contribution in [0.1, 0.15) is 16.1 Å². The van der Waals surface area contributed by atoms with E-state index in [2.05, 4.69) is 4.98 Å². The number of carboxylic acid groups (broad SMARTS) is 1. The van der Waals surface area contributed by atoms with E-state index in [9.17, 15) is 9.59 Å². The van der Waals surface area contributed by atoms with Gasteiger partial charge in [-0.1, -0.05) is 0 Å². The van der Waals surface area contributed by atoms with Crippen molar-refractivity contribution in [1.82, 2.24) is 14.1 Å². The summed E-state index contributed by atoms with van der Waals surface area (Å²) < 4.78 is 3.64. The first-order valence-corrected chi connectivity index (χ1v) is 5.48. The second-order valence-electron chi connectivity index (χ2n) is 3.99. The molecule has 0 unspecified atom stereocenters. The molecule has 1 N–H and O–H groups in total. The highest BCUT2D eigenvalue weighted by molar-refractivity contribution is 5.87. The smallest absolute Gasteiger partial charge is 0.341 e. The van der Waals surface area contributed by atoms with Crippen LogP contribution in [0.15, 0.2) is 35.8 Å². The van der Waals surface area contributed by atoms with Crippen LogP contribution in [0.5, 0.6) is 0 Å². The summed E-state index contributed by atoms with van der Waals surface area (Å²) in [5, 5.41) is 8.90. The Morgan fingerprint density at radius 2 is 2.22 bits per heavy atom. The third-order valence-electron chi connectivity index (χ3n) is 2.73. The first-order valence-electron chi connectivity index (χ1n) is 5.48. The lowest BCUT2D eigenvalue weighted by Crippen LogP contribution is -2.20. The predicted octanol–water partition coefficient (Wildman–Crippen LogP) is 0.752. The largest absolute Gasteiger partial charge is 0.477 e. The van der Waals surface area contributed by atoms with Crippen molar-refractivity contribution < 1.29 is 9.90 Å². The molecule has 0 amide bonds. The van der Waals surface area contributed by atoms with Crippen LogP contribution in [0.3, 0.4) is 0 Å². The quantitative estimate of drug-likeness (QED) is 0.865. The average molecular weight is 247 g/mol. The monoisotopic (exact) mass is 247 g/mol. The molecule has 0 radical (unpaired) electrons. The van der Waals surface area contributed by atoms with Crippen LogP contribution < -0.4 is 5.43 Å². The van der Waals surface area contributed by atoms with Crippen molar-refractivity contribution in [2.24, 2.45) is 0 Å². The summed E-state index contributed by atoms with van der Waals surface area (Å²) in [6, 6.07) is 1.34. The predicted molar refractivity (Wildman–Crippen MR) is 64.6 cm³/mol. The molecule has 0 fully saturated rings. The lowest BCUT2D eigenvalue weighted by Gasteiger charge is -2.11. The fourth-order valence-electron chi connectivity index (χ4n) is 1.72. The van der Waals surface area contributed by atoms with Gasteiger partial charge in [-0.05, 0) is 6.92 Å². The maximum absolute atomic E-state index is 11.5. The van der Waals surface area contributed by atoms with Crippen LogP contribution in [0, 0.1) is 6.92 Å². The highest BCUT2D eigenvalue weighted by Gasteiger charge is 2.10. The van der Waals surface area contributed by atoms with Crippen molar-refractivity contribution in [3.63, 3.8) is 0 Å². The lowest BCUT2D eigenvalue weighted by atomic mass is 10.2. The highest BCUT2D eigenvalue weighted by atomic mass is 16.4. The van der Waals surface area contributed by atoms with Gasteiger partial charge in [-0.25, -0.2) is 9.78 Å². The van der Waals surface area contributed by atoms with Crippen LogP contribution in [0.4, 0.5) is 0 Å². The normalized spacial score (nSPS) is 10.5. The van der Waals surface area contributed by atoms with Gasteiger partial charge in [0, 0.05) is 43.4 Å². The molecule has 0 atom stereocenters. The maximum atomic E-state index is 11.5. The Labute approximate surface area is 103 Å². The molecule has 2 aromatic heterocycles. The molecular weight excluding hydrogens is 234 g/mol. The van der Waals surface area contributed by atoms with E-state index in [-0.39, 0.29) is 5.56 Å². The number of hydrogen-bond donors (Lipinski definition) is 1. The molecule has 0 aliphatic rings. The molecular formula is C12H13N3O3. The Balaban J connectivity index is 2.24. The second-order valence-corrected chi connectivity index (χ2v) is 3.99. The molecule has 0 spiro atoms. The molecule has 6 nitrogen and oxygen atoms in total. The molecule has 94 valence electrons. The van der Waals surface area contributed by atoms with Crippen LogP contribution in [0.25, 0.3) is 0 Å². The Kier molecular flexibility index (Phi) is 3.27. The minimum Gasteiger partial charge on any atom is -0.477 e. The number of carbonyl (C=O) groups is 1. The number of nitrogens with zero attached hydrogens (tertiary/aromatic N) is 3. The Hall–Kier alpha value is -2.37. The lowest BCUT2D eigenvalue weighted by molar-refractivity contribution is 0.0694. The number of rotatable bonds is 4. The standard InChI is InChI=1S/C12H13N3O3/c1-9-6-11(16)10(12(17)18)7-15(9)5-4-14-3-2-13-8-14/h2-3,6-8H,4-5H2,1H3,(H,17,18). The Morgan fingerprint density at radius 1 is 1.44 bits per heavy atom. The molecule has 6 heteroatoms. The van der Waals surface area contributed by atoms with Crippen molar-refractivity contribution in [3.05, 3.63) is 52.5 Å². The number of aromatic nitrogens is 3. The topological polar surface area (TPSA) is 77.1 Å². The highest BCUT2D eigenvalue weighted by Crippen LogP contribution is 2.01. The summed E-state index contributed by atoms with van der Waals surface area (Å²) in [4.78, 5) is 26.3. The fraction of sp³-hybridized carbons (Fsp3) is 0.250. The van der Waals surface area contributed by atoms with Crippen molar-refractivity contribution in [2.45, 2.75) is 20.0 Å². The van der Waals surface area contributed by atoms with Gasteiger partial charge >= 0.3 is 5.97 Å². The Morgan fingerprint density at radius 3 is 2.83 bits per heavy atom. The van der Waals surface area contributed by atoms with E-state index >= 15 is 0 Å². The van der Waals surface area contributed by atoms with Crippen LogP contribution >= 0.6 is 0 Å². The molecule has 2 aromatic rings. The molecule has 0 aliphatic heterocycles. The molecule has 2 heterocycles. The third-order valence-corrected chi connectivity index (χ3v) is 2.73. The number of aryl methyl sites for hydroxylation is 3. The van der Waals surface area contributed by atoms with E-state index in [0.29, 0.717) is 13.1 Å². The number of hydrogen-bond acceptors (Lipinski definition) is 3. The molecule has 18 heavy (non-hydrogen) atoms. The summed E-state index contributed by atoms with van der Waals surface area (Å²) in [6.07, 6.45) is 6.59. The summed E-state index contributed by atoms with van der Waals surface area (Å²) in [5.74, 6) is -1.20. The van der Waals surface area contributed by atoms with Gasteiger partial charge in [0.05, 0.1) is 6.33 Å². The van der Waals surface area contributed by atoms with E-state index in [1.807, 2.05) is 10.8 Å². The third kappa shape index (κ3) is 2.48. The first kappa shape index (κ1) is 12.1. The van der Waals surface area contributed by atoms with Crippen molar-refractivity contribution in [1.29, 1.82) is 0 Å². The SMILES string of the molecule is Cc1cc(=O)c(C(=O)O)cn1CCn1ccnc1. The Bertz CT molecular complexity index is 614. The van der Waals surface area contributed by atoms with E-state index in [0.717, 1.165) is 5.69 Å². The molecule has 0 saturated carbocycles. The van der Waals surface area contributed by atoms with Crippen molar-refractivity contribution >= 4 is 5.97 Å². The summed E-state index contributed by atoms with van der Waals surface area (Å²) in [7, 11) is 0. The molecule has 0 aliphatic carbocycles. The van der Waals surface area contributed by atoms with Crippen LogP contribution in [-0.2, 0) is 13.1 Å². The average Bonchev–Trinajstić information content (AvgIpc) is 2.80. The van der Waals surface area contributed by atoms with Crippen molar-refractivity contribution in [2.75, 3.05) is 0 Å². The zero-order valence-corrected chi connectivity index (χ0v) is 9.91. The maximum Gasteiger partial charge on any atom is 0.341 e. The summed E-state index contributed by atoms with van der Waals surface area (Å²) >= 11 is 0. The van der Waals surface area contributed by atoms with Gasteiger partial charge in [0.15, 0.2) is 5.43 Å². The molecule has 0 saturated heterocycles. The summed E-state index contributed by atoms with van der Waals surface area (Å²) in [6.45, 7) is 3.03. The van der Waals surface area contributed by atoms with Crippen LogP contribution in [-0.4, -0.2) is 25.2 Å². The molecule has 0 bridgehead atoms. The number of pyridine rings is 1. The zero-order valence-electron chi connectivity index (χ0n) is 9.91. The minimum absolute atomic E-state index is 0.203. The second kappa shape index (κ2) is 4.87. The van der Waals surface area contributed by atoms with Crippen LogP contribution in [0.2, 0.25) is 0 Å². The number of imidazole rings is 1. The van der Waals surface area contributed by atoms with Gasteiger partial charge in [-0.2, -0.15) is 0 Å². The minimum atomic E-state index is -1.20. The molecule has 0 aromatic carbocycles. The molecule has 2 rings (SSSR count).